The molecular weight excluding hydrogens is 369 g/mol. The van der Waals surface area contributed by atoms with E-state index in [1.54, 1.807) is 13.0 Å². The number of para-hydroxylation sites is 1. The minimum atomic E-state index is -4.59. The van der Waals surface area contributed by atoms with Crippen LogP contribution in [0.25, 0.3) is 0 Å². The molecule has 0 fully saturated rings. The number of hydrogen-bond acceptors (Lipinski definition) is 5. The number of halogens is 3. The number of nitrogens with one attached hydrogen (secondary N) is 2. The quantitative estimate of drug-likeness (QED) is 0.612. The molecule has 1 aromatic carbocycles. The van der Waals surface area contributed by atoms with Gasteiger partial charge in [-0.3, -0.25) is 9.59 Å². The lowest BCUT2D eigenvalue weighted by Gasteiger charge is -2.13. The number of aromatic amines is 1. The number of rotatable bonds is 5. The molecule has 1 aromatic heterocycles. The van der Waals surface area contributed by atoms with Crippen LogP contribution in [0.15, 0.2) is 34.2 Å². The van der Waals surface area contributed by atoms with Gasteiger partial charge in [-0.05, 0) is 18.6 Å². The van der Waals surface area contributed by atoms with Crippen molar-refractivity contribution < 1.29 is 18.0 Å². The highest BCUT2D eigenvalue weighted by Gasteiger charge is 2.33. The zero-order chi connectivity index (χ0) is 19.3. The van der Waals surface area contributed by atoms with Crippen LogP contribution < -0.4 is 10.9 Å². The predicted molar refractivity (Wildman–Crippen MR) is 89.7 cm³/mol. The van der Waals surface area contributed by atoms with Crippen LogP contribution in [-0.2, 0) is 17.4 Å². The molecule has 2 rings (SSSR count). The van der Waals surface area contributed by atoms with E-state index in [1.807, 2.05) is 0 Å². The first kappa shape index (κ1) is 19.5. The van der Waals surface area contributed by atoms with Crippen LogP contribution in [0.1, 0.15) is 23.7 Å². The maximum Gasteiger partial charge on any atom is 0.418 e. The Kier molecular flexibility index (Phi) is 6.05. The summed E-state index contributed by atoms with van der Waals surface area (Å²) in [7, 11) is 0. The Morgan fingerprint density at radius 2 is 2.08 bits per heavy atom. The van der Waals surface area contributed by atoms with Crippen molar-refractivity contribution in [2.24, 2.45) is 0 Å². The molecule has 0 saturated heterocycles. The first-order valence-electron chi connectivity index (χ1n) is 7.38. The Labute approximate surface area is 150 Å². The monoisotopic (exact) mass is 382 g/mol. The number of alkyl halides is 3. The molecule has 10 heteroatoms. The minimum absolute atomic E-state index is 0.0968. The van der Waals surface area contributed by atoms with Crippen LogP contribution in [0.4, 0.5) is 18.9 Å². The maximum atomic E-state index is 12.9. The molecule has 0 atom stereocenters. The molecule has 2 N–H and O–H groups in total. The van der Waals surface area contributed by atoms with Gasteiger partial charge in [0.05, 0.1) is 22.7 Å². The Morgan fingerprint density at radius 1 is 1.38 bits per heavy atom. The van der Waals surface area contributed by atoms with E-state index in [9.17, 15) is 22.8 Å². The van der Waals surface area contributed by atoms with Gasteiger partial charge in [0, 0.05) is 0 Å². The molecule has 6 nitrogen and oxygen atoms in total. The van der Waals surface area contributed by atoms with Crippen LogP contribution in [0.3, 0.4) is 0 Å². The Bertz CT molecular complexity index is 919. The number of anilines is 1. The van der Waals surface area contributed by atoms with E-state index < -0.39 is 23.2 Å². The number of nitrogens with zero attached hydrogens (tertiary/aromatic N) is 2. The summed E-state index contributed by atoms with van der Waals surface area (Å²) < 4.78 is 38.7. The highest BCUT2D eigenvalue weighted by molar-refractivity contribution is 7.99. The van der Waals surface area contributed by atoms with Gasteiger partial charge < -0.3 is 10.3 Å². The molecule has 0 spiro atoms. The summed E-state index contributed by atoms with van der Waals surface area (Å²) >= 11 is 0.855. The number of benzene rings is 1. The van der Waals surface area contributed by atoms with Crippen LogP contribution >= 0.6 is 11.8 Å². The summed E-state index contributed by atoms with van der Waals surface area (Å²) in [5.41, 5.74) is -1.72. The zero-order valence-electron chi connectivity index (χ0n) is 13.5. The molecule has 0 bridgehead atoms. The maximum absolute atomic E-state index is 12.9. The standard InChI is InChI=1S/C16H13F3N4O2S/c1-2-11-9(7-20)14(25)23-15(22-11)26-8-13(24)21-12-6-4-3-5-10(12)16(17,18)19/h3-6H,2,8H2,1H3,(H,21,24)(H,22,23,25). The Morgan fingerprint density at radius 3 is 2.69 bits per heavy atom. The van der Waals surface area contributed by atoms with Crippen molar-refractivity contribution in [1.29, 1.82) is 5.26 Å². The molecule has 136 valence electrons. The summed E-state index contributed by atoms with van der Waals surface area (Å²) in [6, 6.07) is 6.39. The largest absolute Gasteiger partial charge is 0.418 e. The summed E-state index contributed by atoms with van der Waals surface area (Å²) in [4.78, 5) is 30.2. The number of hydrogen-bond donors (Lipinski definition) is 2. The van der Waals surface area contributed by atoms with Gasteiger partial charge in [-0.2, -0.15) is 18.4 Å². The normalized spacial score (nSPS) is 11.0. The van der Waals surface area contributed by atoms with Crippen molar-refractivity contribution in [3.8, 4) is 6.07 Å². The lowest BCUT2D eigenvalue weighted by Crippen LogP contribution is -2.19. The molecular formula is C16H13F3N4O2S. The van der Waals surface area contributed by atoms with Crippen LogP contribution in [-0.4, -0.2) is 21.6 Å². The van der Waals surface area contributed by atoms with Gasteiger partial charge in [-0.1, -0.05) is 30.8 Å². The van der Waals surface area contributed by atoms with E-state index in [4.69, 9.17) is 5.26 Å². The number of aromatic nitrogens is 2. The lowest BCUT2D eigenvalue weighted by atomic mass is 10.1. The molecule has 2 aromatic rings. The van der Waals surface area contributed by atoms with E-state index in [2.05, 4.69) is 15.3 Å². The smallest absolute Gasteiger partial charge is 0.325 e. The van der Waals surface area contributed by atoms with E-state index in [0.29, 0.717) is 12.1 Å². The van der Waals surface area contributed by atoms with Gasteiger partial charge in [-0.25, -0.2) is 4.98 Å². The van der Waals surface area contributed by atoms with Crippen LogP contribution in [0.5, 0.6) is 0 Å². The van der Waals surface area contributed by atoms with Gasteiger partial charge in [0.15, 0.2) is 5.16 Å². The van der Waals surface area contributed by atoms with Crippen LogP contribution in [0, 0.1) is 11.3 Å². The SMILES string of the molecule is CCc1nc(SCC(=O)Nc2ccccc2C(F)(F)F)[nH]c(=O)c1C#N. The fourth-order valence-corrected chi connectivity index (χ4v) is 2.78. The molecule has 0 aliphatic rings. The molecule has 0 radical (unpaired) electrons. The van der Waals surface area contributed by atoms with Gasteiger partial charge in [-0.15, -0.1) is 0 Å². The second kappa shape index (κ2) is 8.05. The van der Waals surface area contributed by atoms with Gasteiger partial charge >= 0.3 is 6.18 Å². The molecule has 0 aliphatic carbocycles. The average Bonchev–Trinajstić information content (AvgIpc) is 2.59. The van der Waals surface area contributed by atoms with Gasteiger partial charge in [0.2, 0.25) is 5.91 Å². The number of carbonyl (C=O) groups excluding carboxylic acids is 1. The van der Waals surface area contributed by atoms with E-state index in [0.717, 1.165) is 23.9 Å². The third-order valence-electron chi connectivity index (χ3n) is 3.27. The van der Waals surface area contributed by atoms with E-state index >= 15 is 0 Å². The second-order valence-electron chi connectivity index (χ2n) is 5.04. The summed E-state index contributed by atoms with van der Waals surface area (Å²) in [5.74, 6) is -0.943. The molecule has 0 saturated carbocycles. The second-order valence-corrected chi connectivity index (χ2v) is 6.00. The molecule has 1 amide bonds. The molecule has 1 heterocycles. The van der Waals surface area contributed by atoms with E-state index in [-0.39, 0.29) is 22.2 Å². The Balaban J connectivity index is 2.11. The number of H-pyrrole nitrogens is 1. The highest BCUT2D eigenvalue weighted by Crippen LogP contribution is 2.34. The molecule has 0 unspecified atom stereocenters. The minimum Gasteiger partial charge on any atom is -0.325 e. The fraction of sp³-hybridized carbons (Fsp3) is 0.250. The lowest BCUT2D eigenvalue weighted by molar-refractivity contribution is -0.137. The first-order valence-corrected chi connectivity index (χ1v) is 8.37. The number of carbonyl (C=O) groups is 1. The van der Waals surface area contributed by atoms with Crippen molar-refractivity contribution in [2.75, 3.05) is 11.1 Å². The topological polar surface area (TPSA) is 98.6 Å². The van der Waals surface area contributed by atoms with Crippen molar-refractivity contribution in [2.45, 2.75) is 24.7 Å². The van der Waals surface area contributed by atoms with Crippen molar-refractivity contribution in [1.82, 2.24) is 9.97 Å². The molecule has 26 heavy (non-hydrogen) atoms. The highest BCUT2D eigenvalue weighted by atomic mass is 32.2. The zero-order valence-corrected chi connectivity index (χ0v) is 14.3. The third kappa shape index (κ3) is 4.64. The first-order chi connectivity index (χ1) is 12.3. The van der Waals surface area contributed by atoms with Crippen molar-refractivity contribution in [3.63, 3.8) is 0 Å². The number of nitriles is 1. The summed E-state index contributed by atoms with van der Waals surface area (Å²) in [6.07, 6.45) is -4.24. The Hall–Kier alpha value is -2.80. The number of amides is 1. The fourth-order valence-electron chi connectivity index (χ4n) is 2.10. The van der Waals surface area contributed by atoms with Gasteiger partial charge in [0.1, 0.15) is 11.6 Å². The van der Waals surface area contributed by atoms with Gasteiger partial charge in [0.25, 0.3) is 5.56 Å². The van der Waals surface area contributed by atoms with Crippen molar-refractivity contribution in [3.05, 3.63) is 51.4 Å². The average molecular weight is 382 g/mol. The number of aryl methyl sites for hydroxylation is 1. The summed E-state index contributed by atoms with van der Waals surface area (Å²) in [6.45, 7) is 1.72. The van der Waals surface area contributed by atoms with Crippen molar-refractivity contribution >= 4 is 23.4 Å². The molecule has 0 aliphatic heterocycles. The third-order valence-corrected chi connectivity index (χ3v) is 4.14. The van der Waals surface area contributed by atoms with Crippen LogP contribution in [0.2, 0.25) is 0 Å². The number of thioether (sulfide) groups is 1. The summed E-state index contributed by atoms with van der Waals surface area (Å²) in [5, 5.41) is 11.2. The predicted octanol–water partition coefficient (Wildman–Crippen LogP) is 2.95. The van der Waals surface area contributed by atoms with E-state index in [1.165, 1.54) is 12.1 Å².